The Hall–Kier alpha value is -1.13. The monoisotopic (exact) mass is 178 g/mol. The van der Waals surface area contributed by atoms with Gasteiger partial charge in [-0.05, 0) is 23.2 Å². The topological polar surface area (TPSA) is 29.5 Å². The van der Waals surface area contributed by atoms with Gasteiger partial charge in [-0.1, -0.05) is 18.2 Å². The van der Waals surface area contributed by atoms with Gasteiger partial charge >= 0.3 is 7.12 Å². The number of hydrogen-bond acceptors (Lipinski definition) is 2. The average molecular weight is 178 g/mol. The van der Waals surface area contributed by atoms with Gasteiger partial charge in [0.15, 0.2) is 0 Å². The normalized spacial score (nSPS) is 16.2. The van der Waals surface area contributed by atoms with Crippen LogP contribution in [0.4, 0.5) is 4.39 Å². The molecule has 13 heavy (non-hydrogen) atoms. The summed E-state index contributed by atoms with van der Waals surface area (Å²) < 4.78 is 17.7. The molecule has 0 saturated carbocycles. The molecule has 1 heterocycles. The van der Waals surface area contributed by atoms with Gasteiger partial charge in [-0.3, -0.25) is 0 Å². The molecule has 0 radical (unpaired) electrons. The highest BCUT2D eigenvalue weighted by molar-refractivity contribution is 6.67. The molecule has 0 saturated heterocycles. The van der Waals surface area contributed by atoms with Gasteiger partial charge in [0.1, 0.15) is 5.82 Å². The SMILES string of the molecule is OB1OCC=C1c1cccc(F)c1. The van der Waals surface area contributed by atoms with Crippen molar-refractivity contribution in [2.75, 3.05) is 6.61 Å². The van der Waals surface area contributed by atoms with Crippen LogP contribution in [0.25, 0.3) is 5.47 Å². The van der Waals surface area contributed by atoms with Crippen LogP contribution in [-0.4, -0.2) is 18.7 Å². The lowest BCUT2D eigenvalue weighted by Gasteiger charge is -2.03. The van der Waals surface area contributed by atoms with Crippen LogP contribution in [0.3, 0.4) is 0 Å². The Kier molecular flexibility index (Phi) is 2.16. The summed E-state index contributed by atoms with van der Waals surface area (Å²) in [6, 6.07) is 6.10. The van der Waals surface area contributed by atoms with Gasteiger partial charge in [0.05, 0.1) is 6.61 Å². The highest BCUT2D eigenvalue weighted by Crippen LogP contribution is 2.21. The highest BCUT2D eigenvalue weighted by atomic mass is 19.1. The fraction of sp³-hybridized carbons (Fsp3) is 0.111. The quantitative estimate of drug-likeness (QED) is 0.655. The van der Waals surface area contributed by atoms with E-state index in [-0.39, 0.29) is 5.82 Å². The van der Waals surface area contributed by atoms with E-state index in [9.17, 15) is 9.41 Å². The van der Waals surface area contributed by atoms with E-state index in [0.717, 1.165) is 0 Å². The zero-order valence-electron chi connectivity index (χ0n) is 6.90. The van der Waals surface area contributed by atoms with Crippen molar-refractivity contribution in [1.29, 1.82) is 0 Å². The minimum atomic E-state index is -0.915. The predicted molar refractivity (Wildman–Crippen MR) is 48.3 cm³/mol. The van der Waals surface area contributed by atoms with Crippen molar-refractivity contribution < 1.29 is 14.1 Å². The molecule has 0 aromatic heterocycles. The molecule has 0 bridgehead atoms. The van der Waals surface area contributed by atoms with E-state index in [1.807, 2.05) is 0 Å². The van der Waals surface area contributed by atoms with E-state index >= 15 is 0 Å². The Morgan fingerprint density at radius 2 is 2.31 bits per heavy atom. The van der Waals surface area contributed by atoms with Gasteiger partial charge in [-0.25, -0.2) is 4.39 Å². The lowest BCUT2D eigenvalue weighted by molar-refractivity contribution is 0.316. The molecule has 4 heteroatoms. The largest absolute Gasteiger partial charge is 0.491 e. The maximum Gasteiger partial charge on any atom is 0.491 e. The minimum absolute atomic E-state index is 0.308. The van der Waals surface area contributed by atoms with E-state index in [1.54, 1.807) is 18.2 Å². The summed E-state index contributed by atoms with van der Waals surface area (Å²) in [6.45, 7) is 0.382. The first-order valence-electron chi connectivity index (χ1n) is 4.03. The Bertz CT molecular complexity index is 351. The Morgan fingerprint density at radius 3 is 2.92 bits per heavy atom. The van der Waals surface area contributed by atoms with E-state index < -0.39 is 7.12 Å². The summed E-state index contributed by atoms with van der Waals surface area (Å²) in [5, 5.41) is 9.32. The van der Waals surface area contributed by atoms with Crippen LogP contribution >= 0.6 is 0 Å². The third-order valence-corrected chi connectivity index (χ3v) is 1.98. The van der Waals surface area contributed by atoms with Gasteiger partial charge in [-0.15, -0.1) is 0 Å². The maximum absolute atomic E-state index is 12.8. The van der Waals surface area contributed by atoms with Crippen molar-refractivity contribution in [3.63, 3.8) is 0 Å². The first kappa shape index (κ1) is 8.47. The smallest absolute Gasteiger partial charge is 0.423 e. The molecule has 1 aliphatic rings. The summed E-state index contributed by atoms with van der Waals surface area (Å²) in [5.41, 5.74) is 1.31. The first-order chi connectivity index (χ1) is 6.27. The van der Waals surface area contributed by atoms with Gasteiger partial charge in [0.2, 0.25) is 0 Å². The van der Waals surface area contributed by atoms with Crippen molar-refractivity contribution in [3.05, 3.63) is 41.7 Å². The zero-order chi connectivity index (χ0) is 9.26. The molecule has 0 unspecified atom stereocenters. The predicted octanol–water partition coefficient (Wildman–Crippen LogP) is 1.26. The lowest BCUT2D eigenvalue weighted by Crippen LogP contribution is -2.14. The molecule has 1 N–H and O–H groups in total. The number of rotatable bonds is 1. The summed E-state index contributed by atoms with van der Waals surface area (Å²) in [4.78, 5) is 0. The molecule has 0 aliphatic carbocycles. The van der Waals surface area contributed by atoms with Crippen LogP contribution in [0.5, 0.6) is 0 Å². The van der Waals surface area contributed by atoms with Crippen molar-refractivity contribution in [2.45, 2.75) is 0 Å². The molecule has 2 nitrogen and oxygen atoms in total. The van der Waals surface area contributed by atoms with E-state index in [4.69, 9.17) is 4.65 Å². The number of benzene rings is 1. The summed E-state index contributed by atoms with van der Waals surface area (Å²) in [6.07, 6.45) is 1.75. The van der Waals surface area contributed by atoms with Gasteiger partial charge in [0.25, 0.3) is 0 Å². The lowest BCUT2D eigenvalue weighted by atomic mass is 9.76. The molecular formula is C9H8BFO2. The standard InChI is InChI=1S/C9H8BFO2/c11-8-3-1-2-7(6-8)9-4-5-13-10(9)12/h1-4,6,12H,5H2. The molecule has 0 atom stereocenters. The third-order valence-electron chi connectivity index (χ3n) is 1.98. The van der Waals surface area contributed by atoms with Gasteiger partial charge in [-0.2, -0.15) is 0 Å². The Labute approximate surface area is 75.8 Å². The molecule has 2 rings (SSSR count). The molecule has 0 amide bonds. The van der Waals surface area contributed by atoms with Crippen LogP contribution in [0.15, 0.2) is 30.3 Å². The minimum Gasteiger partial charge on any atom is -0.423 e. The van der Waals surface area contributed by atoms with Crippen LogP contribution < -0.4 is 0 Å². The summed E-state index contributed by atoms with van der Waals surface area (Å²) in [5.74, 6) is -0.308. The van der Waals surface area contributed by atoms with Crippen LogP contribution in [0, 0.1) is 5.82 Å². The molecule has 0 spiro atoms. The summed E-state index contributed by atoms with van der Waals surface area (Å²) in [7, 11) is -0.915. The molecule has 1 aliphatic heterocycles. The van der Waals surface area contributed by atoms with Crippen molar-refractivity contribution in [3.8, 4) is 0 Å². The summed E-state index contributed by atoms with van der Waals surface area (Å²) >= 11 is 0. The van der Waals surface area contributed by atoms with Crippen LogP contribution in [0.1, 0.15) is 5.56 Å². The van der Waals surface area contributed by atoms with E-state index in [2.05, 4.69) is 0 Å². The van der Waals surface area contributed by atoms with E-state index in [1.165, 1.54) is 12.1 Å². The Morgan fingerprint density at radius 1 is 1.46 bits per heavy atom. The van der Waals surface area contributed by atoms with Crippen LogP contribution in [-0.2, 0) is 4.65 Å². The van der Waals surface area contributed by atoms with Gasteiger partial charge in [0, 0.05) is 0 Å². The highest BCUT2D eigenvalue weighted by Gasteiger charge is 2.25. The van der Waals surface area contributed by atoms with Crippen molar-refractivity contribution in [1.82, 2.24) is 0 Å². The van der Waals surface area contributed by atoms with Crippen molar-refractivity contribution in [2.24, 2.45) is 0 Å². The number of hydrogen-bond donors (Lipinski definition) is 1. The second-order valence-electron chi connectivity index (χ2n) is 2.86. The molecular weight excluding hydrogens is 170 g/mol. The second-order valence-corrected chi connectivity index (χ2v) is 2.86. The molecule has 66 valence electrons. The number of halogens is 1. The zero-order valence-corrected chi connectivity index (χ0v) is 6.90. The fourth-order valence-corrected chi connectivity index (χ4v) is 1.35. The first-order valence-corrected chi connectivity index (χ1v) is 4.03. The van der Waals surface area contributed by atoms with Gasteiger partial charge < -0.3 is 9.68 Å². The fourth-order valence-electron chi connectivity index (χ4n) is 1.35. The third kappa shape index (κ3) is 1.64. The van der Waals surface area contributed by atoms with Crippen molar-refractivity contribution >= 4 is 12.6 Å². The Balaban J connectivity index is 2.35. The maximum atomic E-state index is 12.8. The second kappa shape index (κ2) is 3.32. The molecule has 1 aromatic carbocycles. The average Bonchev–Trinajstić information content (AvgIpc) is 2.51. The molecule has 1 aromatic rings. The van der Waals surface area contributed by atoms with E-state index in [0.29, 0.717) is 17.6 Å². The molecule has 0 fully saturated rings. The van der Waals surface area contributed by atoms with Crippen LogP contribution in [0.2, 0.25) is 0 Å².